The van der Waals surface area contributed by atoms with Gasteiger partial charge in [0.15, 0.2) is 0 Å². The van der Waals surface area contributed by atoms with Crippen LogP contribution in [0.25, 0.3) is 22.0 Å². The van der Waals surface area contributed by atoms with Gasteiger partial charge in [0.25, 0.3) is 10.0 Å². The first kappa shape index (κ1) is 26.9. The molecule has 0 fully saturated rings. The van der Waals surface area contributed by atoms with Crippen molar-refractivity contribution in [3.63, 3.8) is 0 Å². The maximum absolute atomic E-state index is 14.4. The summed E-state index contributed by atoms with van der Waals surface area (Å²) < 4.78 is 40.0. The Morgan fingerprint density at radius 2 is 1.39 bits per heavy atom. The van der Waals surface area contributed by atoms with Crippen LogP contribution in [0.4, 0.5) is 5.82 Å². The number of ether oxygens (including phenoxy) is 2. The molecule has 198 valence electrons. The van der Waals surface area contributed by atoms with E-state index in [2.05, 4.69) is 5.32 Å². The van der Waals surface area contributed by atoms with Crippen LogP contribution in [0.3, 0.4) is 0 Å². The van der Waals surface area contributed by atoms with E-state index in [1.165, 1.54) is 26.4 Å². The zero-order valence-corrected chi connectivity index (χ0v) is 23.0. The van der Waals surface area contributed by atoms with Crippen LogP contribution in [-0.2, 0) is 19.5 Å². The Kier molecular flexibility index (Phi) is 7.08. The quantitative estimate of drug-likeness (QED) is 0.319. The molecule has 4 rings (SSSR count). The molecule has 0 bridgehead atoms. The molecule has 1 aromatic heterocycles. The van der Waals surface area contributed by atoms with Crippen molar-refractivity contribution >= 4 is 38.6 Å². The summed E-state index contributed by atoms with van der Waals surface area (Å²) in [5.74, 6) is -1.84. The van der Waals surface area contributed by atoms with Crippen LogP contribution >= 0.6 is 0 Å². The minimum absolute atomic E-state index is 0.00127. The Hall–Kier alpha value is -4.11. The number of methoxy groups -OCH3 is 2. The largest absolute Gasteiger partial charge is 0.465 e. The lowest BCUT2D eigenvalue weighted by molar-refractivity contribution is 0.0558. The highest BCUT2D eigenvalue weighted by Crippen LogP contribution is 2.42. The van der Waals surface area contributed by atoms with E-state index in [-0.39, 0.29) is 27.5 Å². The molecule has 1 heterocycles. The van der Waals surface area contributed by atoms with E-state index in [0.717, 1.165) is 14.9 Å². The normalized spacial score (nSPS) is 11.8. The third-order valence-corrected chi connectivity index (χ3v) is 7.72. The number of aromatic nitrogens is 1. The number of benzene rings is 3. The predicted octanol–water partition coefficient (Wildman–Crippen LogP) is 5.64. The van der Waals surface area contributed by atoms with Crippen LogP contribution in [0.15, 0.2) is 71.6 Å². The Labute approximate surface area is 222 Å². The lowest BCUT2D eigenvalue weighted by Gasteiger charge is -2.25. The lowest BCUT2D eigenvalue weighted by Crippen LogP contribution is -2.30. The van der Waals surface area contributed by atoms with Crippen LogP contribution in [0, 0.1) is 6.92 Å². The second-order valence-electron chi connectivity index (χ2n) is 9.91. The molecule has 0 aliphatic rings. The topological polar surface area (TPSA) is 104 Å². The third-order valence-electron chi connectivity index (χ3n) is 6.01. The fourth-order valence-electron chi connectivity index (χ4n) is 4.35. The number of rotatable bonds is 6. The third kappa shape index (κ3) is 4.77. The maximum Gasteiger partial charge on any atom is 0.342 e. The van der Waals surface area contributed by atoms with Gasteiger partial charge in [0.2, 0.25) is 0 Å². The molecule has 3 aromatic carbocycles. The van der Waals surface area contributed by atoms with E-state index >= 15 is 0 Å². The van der Waals surface area contributed by atoms with Crippen molar-refractivity contribution in [3.05, 3.63) is 83.4 Å². The van der Waals surface area contributed by atoms with Crippen LogP contribution in [-0.4, -0.2) is 44.1 Å². The molecule has 38 heavy (non-hydrogen) atoms. The van der Waals surface area contributed by atoms with E-state index < -0.39 is 27.5 Å². The van der Waals surface area contributed by atoms with E-state index in [4.69, 9.17) is 9.47 Å². The molecule has 0 saturated carbocycles. The predicted molar refractivity (Wildman–Crippen MR) is 147 cm³/mol. The summed E-state index contributed by atoms with van der Waals surface area (Å²) in [7, 11) is -2.00. The number of nitrogens with one attached hydrogen (secondary N) is 1. The van der Waals surface area contributed by atoms with Crippen LogP contribution in [0.5, 0.6) is 0 Å². The second-order valence-corrected chi connectivity index (χ2v) is 11.7. The molecule has 4 aromatic rings. The molecule has 0 unspecified atom stereocenters. The number of carbonyl (C=O) groups is 2. The average Bonchev–Trinajstić information content (AvgIpc) is 3.21. The number of carbonyl (C=O) groups excluding carboxylic acids is 2. The highest BCUT2D eigenvalue weighted by Gasteiger charge is 2.39. The van der Waals surface area contributed by atoms with Crippen molar-refractivity contribution in [2.75, 3.05) is 19.5 Å². The SMILES string of the molecule is COC(=O)c1c(C(=O)OC)c(-c2cccc3ccccc23)n(S(=O)(=O)c2ccc(C)cc2)c1NC(C)(C)C. The van der Waals surface area contributed by atoms with Crippen molar-refractivity contribution in [3.8, 4) is 11.3 Å². The van der Waals surface area contributed by atoms with Crippen molar-refractivity contribution in [1.29, 1.82) is 0 Å². The van der Waals surface area contributed by atoms with Gasteiger partial charge in [0.05, 0.1) is 24.8 Å². The second kappa shape index (κ2) is 9.98. The maximum atomic E-state index is 14.4. The minimum Gasteiger partial charge on any atom is -0.465 e. The molecular weight excluding hydrogens is 504 g/mol. The van der Waals surface area contributed by atoms with Crippen molar-refractivity contribution in [2.24, 2.45) is 0 Å². The number of esters is 2. The zero-order chi connectivity index (χ0) is 27.8. The van der Waals surface area contributed by atoms with Gasteiger partial charge in [-0.05, 0) is 50.6 Å². The summed E-state index contributed by atoms with van der Waals surface area (Å²) in [6, 6.07) is 19.1. The standard InChI is InChI=1S/C29H30N2O6S/c1-18-14-16-20(17-15-18)38(34,35)31-25(22-13-9-11-19-10-7-8-12-21(19)22)23(27(32)36-5)24(28(33)37-6)26(31)30-29(2,3)4/h7-17,30H,1-6H3. The minimum atomic E-state index is -4.35. The molecular formula is C29H30N2O6S. The van der Waals surface area contributed by atoms with Gasteiger partial charge in [0.1, 0.15) is 16.9 Å². The Morgan fingerprint density at radius 1 is 0.816 bits per heavy atom. The van der Waals surface area contributed by atoms with Gasteiger partial charge in [-0.2, -0.15) is 0 Å². The molecule has 0 aliphatic heterocycles. The smallest absolute Gasteiger partial charge is 0.342 e. The summed E-state index contributed by atoms with van der Waals surface area (Å²) >= 11 is 0. The zero-order valence-electron chi connectivity index (χ0n) is 22.2. The van der Waals surface area contributed by atoms with Crippen molar-refractivity contribution in [2.45, 2.75) is 38.1 Å². The van der Waals surface area contributed by atoms with E-state index in [1.54, 1.807) is 24.3 Å². The van der Waals surface area contributed by atoms with Crippen LogP contribution in [0.1, 0.15) is 47.1 Å². The summed E-state index contributed by atoms with van der Waals surface area (Å²) in [6.07, 6.45) is 0. The molecule has 0 amide bonds. The van der Waals surface area contributed by atoms with Gasteiger partial charge >= 0.3 is 11.9 Å². The first-order chi connectivity index (χ1) is 17.9. The molecule has 0 saturated heterocycles. The monoisotopic (exact) mass is 534 g/mol. The Bertz CT molecular complexity index is 1640. The first-order valence-corrected chi connectivity index (χ1v) is 13.4. The summed E-state index contributed by atoms with van der Waals surface area (Å²) in [6.45, 7) is 7.31. The summed E-state index contributed by atoms with van der Waals surface area (Å²) in [5.41, 5.74) is 0.174. The molecule has 8 nitrogen and oxygen atoms in total. The fraction of sp³-hybridized carbons (Fsp3) is 0.241. The molecule has 1 N–H and O–H groups in total. The molecule has 0 atom stereocenters. The molecule has 9 heteroatoms. The highest BCUT2D eigenvalue weighted by atomic mass is 32.2. The van der Waals surface area contributed by atoms with E-state index in [0.29, 0.717) is 10.9 Å². The number of hydrogen-bond acceptors (Lipinski definition) is 7. The van der Waals surface area contributed by atoms with Gasteiger partial charge in [-0.25, -0.2) is 22.0 Å². The summed E-state index contributed by atoms with van der Waals surface area (Å²) in [4.78, 5) is 26.6. The lowest BCUT2D eigenvalue weighted by atomic mass is 9.98. The first-order valence-electron chi connectivity index (χ1n) is 11.9. The number of nitrogens with zero attached hydrogens (tertiary/aromatic N) is 1. The molecule has 0 aliphatic carbocycles. The average molecular weight is 535 g/mol. The number of fused-ring (bicyclic) bond motifs is 1. The fourth-order valence-corrected chi connectivity index (χ4v) is 5.85. The van der Waals surface area contributed by atoms with Gasteiger partial charge in [0, 0.05) is 11.1 Å². The van der Waals surface area contributed by atoms with E-state index in [9.17, 15) is 18.0 Å². The van der Waals surface area contributed by atoms with Crippen molar-refractivity contribution in [1.82, 2.24) is 3.97 Å². The summed E-state index contributed by atoms with van der Waals surface area (Å²) in [5, 5.41) is 4.67. The van der Waals surface area contributed by atoms with Crippen LogP contribution < -0.4 is 5.32 Å². The van der Waals surface area contributed by atoms with Gasteiger partial charge in [-0.3, -0.25) is 0 Å². The van der Waals surface area contributed by atoms with Crippen LogP contribution in [0.2, 0.25) is 0 Å². The highest BCUT2D eigenvalue weighted by molar-refractivity contribution is 7.90. The number of aryl methyl sites for hydroxylation is 1. The number of hydrogen-bond donors (Lipinski definition) is 1. The Balaban J connectivity index is 2.29. The molecule has 0 radical (unpaired) electrons. The van der Waals surface area contributed by atoms with Gasteiger partial charge in [-0.15, -0.1) is 0 Å². The number of anilines is 1. The molecule has 0 spiro atoms. The Morgan fingerprint density at radius 3 is 2.00 bits per heavy atom. The van der Waals surface area contributed by atoms with Gasteiger partial charge in [-0.1, -0.05) is 60.2 Å². The van der Waals surface area contributed by atoms with E-state index in [1.807, 2.05) is 58.0 Å². The van der Waals surface area contributed by atoms with Crippen molar-refractivity contribution < 1.29 is 27.5 Å². The van der Waals surface area contributed by atoms with Gasteiger partial charge < -0.3 is 14.8 Å².